The Balaban J connectivity index is 1.88. The van der Waals surface area contributed by atoms with Crippen LogP contribution in [0.3, 0.4) is 0 Å². The molecule has 1 saturated heterocycles. The third kappa shape index (κ3) is 4.81. The lowest BCUT2D eigenvalue weighted by Gasteiger charge is -2.33. The molecule has 1 aromatic heterocycles. The van der Waals surface area contributed by atoms with Crippen molar-refractivity contribution >= 4 is 11.8 Å². The molecule has 2 rings (SSSR count). The number of carbonyl (C=O) groups is 1. The van der Waals surface area contributed by atoms with Gasteiger partial charge in [0, 0.05) is 38.1 Å². The molecule has 0 saturated carbocycles. The molecule has 8 nitrogen and oxygen atoms in total. The number of carbonyl (C=O) groups excluding carboxylic acids is 1. The Labute approximate surface area is 140 Å². The number of amides is 1. The number of piperidine rings is 1. The van der Waals surface area contributed by atoms with Crippen LogP contribution >= 0.6 is 0 Å². The SMILES string of the molecule is Cc1nc(OC2CCN(C(=O)OC(C)(C)C)CC2)ccc1[N+](=O)[O-]. The van der Waals surface area contributed by atoms with E-state index in [1.54, 1.807) is 11.8 Å². The molecule has 0 atom stereocenters. The highest BCUT2D eigenvalue weighted by Crippen LogP contribution is 2.23. The lowest BCUT2D eigenvalue weighted by atomic mass is 10.1. The zero-order valence-electron chi connectivity index (χ0n) is 14.4. The fourth-order valence-electron chi connectivity index (χ4n) is 2.44. The van der Waals surface area contributed by atoms with Crippen molar-refractivity contribution in [2.75, 3.05) is 13.1 Å². The Bertz CT molecular complexity index is 619. The number of pyridine rings is 1. The zero-order valence-corrected chi connectivity index (χ0v) is 14.4. The van der Waals surface area contributed by atoms with Gasteiger partial charge in [-0.3, -0.25) is 10.1 Å². The topological polar surface area (TPSA) is 94.8 Å². The van der Waals surface area contributed by atoms with E-state index < -0.39 is 10.5 Å². The third-order valence-electron chi connectivity index (χ3n) is 3.61. The summed E-state index contributed by atoms with van der Waals surface area (Å²) in [4.78, 5) is 28.1. The second kappa shape index (κ2) is 7.02. The molecule has 0 spiro atoms. The summed E-state index contributed by atoms with van der Waals surface area (Å²) < 4.78 is 11.1. The maximum Gasteiger partial charge on any atom is 0.410 e. The van der Waals surface area contributed by atoms with Crippen LogP contribution in [0.25, 0.3) is 0 Å². The van der Waals surface area contributed by atoms with Gasteiger partial charge in [0.2, 0.25) is 5.88 Å². The number of hydrogen-bond donors (Lipinski definition) is 0. The van der Waals surface area contributed by atoms with Crippen LogP contribution in [0.15, 0.2) is 12.1 Å². The molecule has 1 aliphatic rings. The summed E-state index contributed by atoms with van der Waals surface area (Å²) in [6, 6.07) is 2.90. The molecule has 1 aromatic rings. The van der Waals surface area contributed by atoms with Crippen LogP contribution in [0.5, 0.6) is 5.88 Å². The maximum absolute atomic E-state index is 12.0. The van der Waals surface area contributed by atoms with Crippen LogP contribution in [-0.4, -0.2) is 45.7 Å². The number of hydrogen-bond acceptors (Lipinski definition) is 6. The molecule has 8 heteroatoms. The van der Waals surface area contributed by atoms with E-state index in [1.807, 2.05) is 20.8 Å². The van der Waals surface area contributed by atoms with Crippen molar-refractivity contribution in [1.29, 1.82) is 0 Å². The first-order chi connectivity index (χ1) is 11.2. The van der Waals surface area contributed by atoms with Gasteiger partial charge in [0.25, 0.3) is 5.69 Å². The molecule has 0 bridgehead atoms. The molecule has 0 aliphatic carbocycles. The first-order valence-electron chi connectivity index (χ1n) is 7.92. The highest BCUT2D eigenvalue weighted by Gasteiger charge is 2.28. The Morgan fingerprint density at radius 3 is 2.46 bits per heavy atom. The first kappa shape index (κ1) is 18.0. The maximum atomic E-state index is 12.0. The fraction of sp³-hybridized carbons (Fsp3) is 0.625. The number of ether oxygens (including phenoxy) is 2. The van der Waals surface area contributed by atoms with E-state index in [-0.39, 0.29) is 17.9 Å². The predicted octanol–water partition coefficient (Wildman–Crippen LogP) is 3.08. The quantitative estimate of drug-likeness (QED) is 0.621. The molecule has 0 radical (unpaired) electrons. The van der Waals surface area contributed by atoms with Crippen molar-refractivity contribution in [2.45, 2.75) is 52.2 Å². The predicted molar refractivity (Wildman–Crippen MR) is 87.1 cm³/mol. The minimum Gasteiger partial charge on any atom is -0.474 e. The lowest BCUT2D eigenvalue weighted by Crippen LogP contribution is -2.44. The summed E-state index contributed by atoms with van der Waals surface area (Å²) in [7, 11) is 0. The molecule has 132 valence electrons. The average Bonchev–Trinajstić information content (AvgIpc) is 2.45. The van der Waals surface area contributed by atoms with Crippen LogP contribution in [-0.2, 0) is 4.74 Å². The van der Waals surface area contributed by atoms with Gasteiger partial charge in [-0.25, -0.2) is 9.78 Å². The van der Waals surface area contributed by atoms with Gasteiger partial charge in [0.15, 0.2) is 0 Å². The second-order valence-corrected chi connectivity index (χ2v) is 6.80. The van der Waals surface area contributed by atoms with Crippen LogP contribution < -0.4 is 4.74 Å². The molecule has 0 aromatic carbocycles. The molecule has 1 fully saturated rings. The van der Waals surface area contributed by atoms with Crippen LogP contribution in [0.4, 0.5) is 10.5 Å². The Hall–Kier alpha value is -2.38. The van der Waals surface area contributed by atoms with E-state index in [4.69, 9.17) is 9.47 Å². The van der Waals surface area contributed by atoms with Crippen molar-refractivity contribution in [2.24, 2.45) is 0 Å². The summed E-state index contributed by atoms with van der Waals surface area (Å²) in [6.45, 7) is 8.18. The van der Waals surface area contributed by atoms with Gasteiger partial charge in [-0.1, -0.05) is 0 Å². The highest BCUT2D eigenvalue weighted by atomic mass is 16.6. The largest absolute Gasteiger partial charge is 0.474 e. The van der Waals surface area contributed by atoms with Gasteiger partial charge >= 0.3 is 6.09 Å². The number of likely N-dealkylation sites (tertiary alicyclic amines) is 1. The zero-order chi connectivity index (χ0) is 17.9. The monoisotopic (exact) mass is 337 g/mol. The molecule has 1 aliphatic heterocycles. The smallest absolute Gasteiger partial charge is 0.410 e. The van der Waals surface area contributed by atoms with Crippen molar-refractivity contribution in [1.82, 2.24) is 9.88 Å². The normalized spacial score (nSPS) is 15.9. The van der Waals surface area contributed by atoms with Crippen molar-refractivity contribution < 1.29 is 19.2 Å². The summed E-state index contributed by atoms with van der Waals surface area (Å²) in [6.07, 6.45) is 0.941. The molecular formula is C16H23N3O5. The van der Waals surface area contributed by atoms with E-state index >= 15 is 0 Å². The Morgan fingerprint density at radius 1 is 1.33 bits per heavy atom. The van der Waals surface area contributed by atoms with Crippen LogP contribution in [0.1, 0.15) is 39.3 Å². The van der Waals surface area contributed by atoms with Crippen molar-refractivity contribution in [3.63, 3.8) is 0 Å². The molecular weight excluding hydrogens is 314 g/mol. The van der Waals surface area contributed by atoms with Crippen LogP contribution in [0, 0.1) is 17.0 Å². The summed E-state index contributed by atoms with van der Waals surface area (Å²) in [5, 5.41) is 10.8. The molecule has 1 amide bonds. The van der Waals surface area contributed by atoms with E-state index in [9.17, 15) is 14.9 Å². The minimum atomic E-state index is -0.509. The summed E-state index contributed by atoms with van der Waals surface area (Å²) in [5.74, 6) is 0.369. The Kier molecular flexibility index (Phi) is 5.26. The standard InChI is InChI=1S/C16H23N3O5/c1-11-13(19(21)22)5-6-14(17-11)23-12-7-9-18(10-8-12)15(20)24-16(2,3)4/h5-6,12H,7-10H2,1-4H3. The number of nitrogens with zero attached hydrogens (tertiary/aromatic N) is 3. The number of rotatable bonds is 3. The molecule has 2 heterocycles. The number of aromatic nitrogens is 1. The first-order valence-corrected chi connectivity index (χ1v) is 7.92. The fourth-order valence-corrected chi connectivity index (χ4v) is 2.44. The number of aryl methyl sites for hydroxylation is 1. The second-order valence-electron chi connectivity index (χ2n) is 6.80. The highest BCUT2D eigenvalue weighted by molar-refractivity contribution is 5.68. The van der Waals surface area contributed by atoms with Gasteiger partial charge in [0.1, 0.15) is 17.4 Å². The van der Waals surface area contributed by atoms with Gasteiger partial charge < -0.3 is 14.4 Å². The molecule has 24 heavy (non-hydrogen) atoms. The van der Waals surface area contributed by atoms with Crippen LogP contribution in [0.2, 0.25) is 0 Å². The Morgan fingerprint density at radius 2 is 1.96 bits per heavy atom. The van der Waals surface area contributed by atoms with Gasteiger partial charge in [-0.2, -0.15) is 0 Å². The van der Waals surface area contributed by atoms with Gasteiger partial charge in [-0.05, 0) is 27.7 Å². The summed E-state index contributed by atoms with van der Waals surface area (Å²) in [5.41, 5.74) is -0.212. The minimum absolute atomic E-state index is 0.0258. The van der Waals surface area contributed by atoms with E-state index in [0.717, 1.165) is 0 Å². The van der Waals surface area contributed by atoms with Crippen molar-refractivity contribution in [3.05, 3.63) is 27.9 Å². The van der Waals surface area contributed by atoms with E-state index in [1.165, 1.54) is 12.1 Å². The van der Waals surface area contributed by atoms with E-state index in [2.05, 4.69) is 4.98 Å². The molecule has 0 N–H and O–H groups in total. The molecule has 0 unspecified atom stereocenters. The van der Waals surface area contributed by atoms with E-state index in [0.29, 0.717) is 37.5 Å². The van der Waals surface area contributed by atoms with Crippen molar-refractivity contribution in [3.8, 4) is 5.88 Å². The van der Waals surface area contributed by atoms with Gasteiger partial charge in [-0.15, -0.1) is 0 Å². The summed E-state index contributed by atoms with van der Waals surface area (Å²) >= 11 is 0. The average molecular weight is 337 g/mol. The number of nitro groups is 1. The van der Waals surface area contributed by atoms with Gasteiger partial charge in [0.05, 0.1) is 4.92 Å². The third-order valence-corrected chi connectivity index (χ3v) is 3.61. The lowest BCUT2D eigenvalue weighted by molar-refractivity contribution is -0.385.